The lowest BCUT2D eigenvalue weighted by Crippen LogP contribution is -2.40. The van der Waals surface area contributed by atoms with Crippen LogP contribution in [0.25, 0.3) is 22.3 Å². The molecule has 4 N–H and O–H groups in total. The molecule has 4 aromatic carbocycles. The van der Waals surface area contributed by atoms with Crippen molar-refractivity contribution in [3.8, 4) is 17.5 Å². The third-order valence-corrected chi connectivity index (χ3v) is 9.94. The molecule has 0 fully saturated rings. The van der Waals surface area contributed by atoms with Crippen molar-refractivity contribution in [3.05, 3.63) is 184 Å². The Morgan fingerprint density at radius 1 is 0.600 bits per heavy atom. The van der Waals surface area contributed by atoms with Crippen molar-refractivity contribution in [1.29, 1.82) is 0 Å². The molecule has 0 saturated carbocycles. The van der Waals surface area contributed by atoms with Gasteiger partial charge in [0.15, 0.2) is 39.8 Å². The zero-order valence-corrected chi connectivity index (χ0v) is 34.8. The molecule has 4 aromatic heterocycles. The highest BCUT2D eigenvalue weighted by Crippen LogP contribution is 2.27. The Hall–Kier alpha value is -7.78. The first-order valence-electron chi connectivity index (χ1n) is 19.8. The van der Waals surface area contributed by atoms with Crippen LogP contribution in [0.5, 0.6) is 17.5 Å². The molecule has 17 nitrogen and oxygen atoms in total. The summed E-state index contributed by atoms with van der Waals surface area (Å²) in [6.07, 6.45) is 0.457. The van der Waals surface area contributed by atoms with Gasteiger partial charge in [0.25, 0.3) is 11.1 Å². The van der Waals surface area contributed by atoms with Gasteiger partial charge in [0.05, 0.1) is 13.1 Å². The number of phenols is 1. The number of imidazole rings is 2. The molecule has 0 radical (unpaired) electrons. The van der Waals surface area contributed by atoms with Crippen LogP contribution in [0.2, 0.25) is 0 Å². The number of benzene rings is 4. The second kappa shape index (κ2) is 20.6. The standard InChI is InChI=1S/C22H20F2N4O4.C16H17FN4O4.C6H5FO/c1-26-19-18(20(30)27(22(26)31)11-4-12-29)28(13-14-7-9-15(23)10-8-14)21(25-19)32-17-6-3-2-5-16(17)24;1-19-13-12(14(23)20(16(19)25)7-2-8-22)21(15(24)18-13)9-10-3-5-11(17)6-4-10;7-5-3-1-2-4-6(5)8/h2-3,5-10,29H,4,11-13H2,1H3;3-6,22H,2,7-9H2,1H3,(H,18,24);1-4,8H. The fraction of sp³-hybridized carbons (Fsp3) is 0.227. The maximum absolute atomic E-state index is 14.2. The third kappa shape index (κ3) is 10.4. The topological polar surface area (TPSA) is 214 Å². The molecule has 21 heteroatoms. The highest BCUT2D eigenvalue weighted by molar-refractivity contribution is 5.72. The first-order chi connectivity index (χ1) is 31.1. The number of para-hydroxylation sites is 2. The second-order valence-corrected chi connectivity index (χ2v) is 14.4. The van der Waals surface area contributed by atoms with Crippen molar-refractivity contribution in [2.45, 2.75) is 39.0 Å². The van der Waals surface area contributed by atoms with Crippen molar-refractivity contribution < 1.29 is 37.6 Å². The van der Waals surface area contributed by atoms with Crippen LogP contribution >= 0.6 is 0 Å². The summed E-state index contributed by atoms with van der Waals surface area (Å²) in [7, 11) is 2.92. The Kier molecular flexibility index (Phi) is 14.8. The molecule has 8 aromatic rings. The first-order valence-corrected chi connectivity index (χ1v) is 19.8. The molecule has 4 heterocycles. The Bertz CT molecular complexity index is 3240. The predicted molar refractivity (Wildman–Crippen MR) is 230 cm³/mol. The van der Waals surface area contributed by atoms with Gasteiger partial charge in [-0.1, -0.05) is 48.5 Å². The summed E-state index contributed by atoms with van der Waals surface area (Å²) in [5, 5.41) is 26.6. The van der Waals surface area contributed by atoms with Crippen molar-refractivity contribution in [2.75, 3.05) is 13.2 Å². The molecular formula is C44H42F4N8O9. The van der Waals surface area contributed by atoms with Crippen LogP contribution in [0.15, 0.2) is 121 Å². The van der Waals surface area contributed by atoms with Gasteiger partial charge in [0.1, 0.15) is 17.3 Å². The summed E-state index contributed by atoms with van der Waals surface area (Å²) in [4.78, 5) is 70.0. The van der Waals surface area contributed by atoms with Crippen molar-refractivity contribution in [3.63, 3.8) is 0 Å². The van der Waals surface area contributed by atoms with Gasteiger partial charge in [-0.25, -0.2) is 31.9 Å². The van der Waals surface area contributed by atoms with Gasteiger partial charge in [-0.05, 0) is 72.5 Å². The lowest BCUT2D eigenvalue weighted by Gasteiger charge is -2.11. The normalized spacial score (nSPS) is 11.0. The van der Waals surface area contributed by atoms with Crippen molar-refractivity contribution in [1.82, 2.24) is 37.4 Å². The number of hydrogen-bond donors (Lipinski definition) is 4. The Morgan fingerprint density at radius 2 is 1.09 bits per heavy atom. The van der Waals surface area contributed by atoms with Gasteiger partial charge in [-0.15, -0.1) is 0 Å². The van der Waals surface area contributed by atoms with Crippen LogP contribution in [-0.2, 0) is 40.3 Å². The zero-order valence-electron chi connectivity index (χ0n) is 34.8. The number of nitrogens with zero attached hydrogens (tertiary/aromatic N) is 7. The van der Waals surface area contributed by atoms with Crippen LogP contribution in [0.1, 0.15) is 24.0 Å². The Labute approximate surface area is 364 Å². The molecule has 0 atom stereocenters. The lowest BCUT2D eigenvalue weighted by molar-refractivity contribution is 0.277. The van der Waals surface area contributed by atoms with Crippen LogP contribution in [0.3, 0.4) is 0 Å². The minimum atomic E-state index is -0.623. The molecule has 0 aliphatic heterocycles. The molecule has 65 heavy (non-hydrogen) atoms. The van der Waals surface area contributed by atoms with E-state index in [0.29, 0.717) is 11.1 Å². The SMILES string of the molecule is Cn1c(=O)n(CCCO)c(=O)c2c1[nH]c(=O)n2Cc1ccc(F)cc1.Cn1c(=O)n(CCCO)c(=O)c2c1nc(Oc1ccccc1F)n2Cc1ccc(F)cc1.Oc1ccccc1F. The van der Waals surface area contributed by atoms with E-state index in [2.05, 4.69) is 9.97 Å². The largest absolute Gasteiger partial charge is 0.505 e. The number of aryl methyl sites for hydroxylation is 2. The molecule has 340 valence electrons. The molecule has 0 unspecified atom stereocenters. The fourth-order valence-electron chi connectivity index (χ4n) is 6.61. The Morgan fingerprint density at radius 3 is 1.60 bits per heavy atom. The van der Waals surface area contributed by atoms with E-state index in [0.717, 1.165) is 9.13 Å². The summed E-state index contributed by atoms with van der Waals surface area (Å²) in [6.45, 7) is -0.162. The zero-order chi connectivity index (χ0) is 46.9. The number of rotatable bonds is 12. The first kappa shape index (κ1) is 46.7. The smallest absolute Gasteiger partial charge is 0.332 e. The van der Waals surface area contributed by atoms with E-state index < -0.39 is 51.5 Å². The van der Waals surface area contributed by atoms with Gasteiger partial charge in [0.2, 0.25) is 0 Å². The highest BCUT2D eigenvalue weighted by atomic mass is 19.1. The number of aliphatic hydroxyl groups is 2. The van der Waals surface area contributed by atoms with Crippen molar-refractivity contribution in [2.24, 2.45) is 14.1 Å². The molecule has 0 saturated heterocycles. The molecule has 8 rings (SSSR count). The summed E-state index contributed by atoms with van der Waals surface area (Å²) >= 11 is 0. The highest BCUT2D eigenvalue weighted by Gasteiger charge is 2.23. The number of fused-ring (bicyclic) bond motifs is 2. The van der Waals surface area contributed by atoms with E-state index in [-0.39, 0.29) is 92.1 Å². The number of H-pyrrole nitrogens is 1. The predicted octanol–water partition coefficient (Wildman–Crippen LogP) is 3.69. The average molecular weight is 903 g/mol. The van der Waals surface area contributed by atoms with E-state index in [1.807, 2.05) is 0 Å². The Balaban J connectivity index is 0.000000188. The van der Waals surface area contributed by atoms with E-state index in [9.17, 15) is 41.5 Å². The molecule has 0 aliphatic rings. The summed E-state index contributed by atoms with van der Waals surface area (Å²) in [5.74, 6) is -2.42. The van der Waals surface area contributed by atoms with Gasteiger partial charge in [-0.2, -0.15) is 4.98 Å². The number of aromatic amines is 1. The van der Waals surface area contributed by atoms with Gasteiger partial charge in [0, 0.05) is 40.4 Å². The van der Waals surface area contributed by atoms with E-state index in [4.69, 9.17) is 20.1 Å². The van der Waals surface area contributed by atoms with Crippen LogP contribution < -0.4 is 32.9 Å². The second-order valence-electron chi connectivity index (χ2n) is 14.4. The minimum absolute atomic E-state index is 0.0170. The van der Waals surface area contributed by atoms with Gasteiger partial charge in [-0.3, -0.25) is 42.0 Å². The lowest BCUT2D eigenvalue weighted by atomic mass is 10.2. The van der Waals surface area contributed by atoms with E-state index >= 15 is 0 Å². The van der Waals surface area contributed by atoms with Crippen LogP contribution in [-0.4, -0.2) is 65.9 Å². The quantitative estimate of drug-likeness (QED) is 0.131. The summed E-state index contributed by atoms with van der Waals surface area (Å²) in [5.41, 5.74) is -1.32. The monoisotopic (exact) mass is 902 g/mol. The summed E-state index contributed by atoms with van der Waals surface area (Å²) < 4.78 is 65.4. The molecule has 0 aliphatic carbocycles. The number of aromatic hydroxyl groups is 1. The molecule has 0 spiro atoms. The average Bonchev–Trinajstić information content (AvgIpc) is 3.82. The number of aliphatic hydroxyl groups excluding tert-OH is 2. The van der Waals surface area contributed by atoms with Crippen LogP contribution in [0, 0.1) is 23.3 Å². The van der Waals surface area contributed by atoms with E-state index in [1.54, 1.807) is 24.3 Å². The molecular weight excluding hydrogens is 861 g/mol. The van der Waals surface area contributed by atoms with Crippen LogP contribution in [0.4, 0.5) is 17.6 Å². The van der Waals surface area contributed by atoms with Crippen molar-refractivity contribution >= 4 is 22.3 Å². The maximum Gasteiger partial charge on any atom is 0.332 e. The summed E-state index contributed by atoms with van der Waals surface area (Å²) in [6, 6.07) is 22.4. The number of hydrogen-bond acceptors (Lipinski definition) is 10. The molecule has 0 amide bonds. The van der Waals surface area contributed by atoms with Gasteiger partial charge >= 0.3 is 23.1 Å². The number of phenolic OH excluding ortho intramolecular Hbond substituents is 1. The van der Waals surface area contributed by atoms with Gasteiger partial charge < -0.3 is 20.1 Å². The number of nitrogens with one attached hydrogen (secondary N) is 1. The molecule has 0 bridgehead atoms. The minimum Gasteiger partial charge on any atom is -0.505 e. The number of ether oxygens (including phenoxy) is 1. The third-order valence-electron chi connectivity index (χ3n) is 9.94. The fourth-order valence-corrected chi connectivity index (χ4v) is 6.61. The van der Waals surface area contributed by atoms with E-state index in [1.165, 1.54) is 105 Å². The number of halogens is 4. The number of aromatic nitrogens is 8. The maximum atomic E-state index is 14.2.